The van der Waals surface area contributed by atoms with E-state index in [1.54, 1.807) is 0 Å². The van der Waals surface area contributed by atoms with E-state index >= 15 is 0 Å². The van der Waals surface area contributed by atoms with Gasteiger partial charge in [0.15, 0.2) is 0 Å². The van der Waals surface area contributed by atoms with E-state index in [1.807, 2.05) is 24.3 Å². The first-order valence-electron chi connectivity index (χ1n) is 6.57. The Balaban J connectivity index is 2.41. The van der Waals surface area contributed by atoms with Crippen molar-refractivity contribution < 1.29 is 0 Å². The van der Waals surface area contributed by atoms with Crippen LogP contribution in [0.25, 0.3) is 22.2 Å². The summed E-state index contributed by atoms with van der Waals surface area (Å²) >= 11 is 6.09. The lowest BCUT2D eigenvalue weighted by molar-refractivity contribution is 1.21. The molecule has 2 nitrogen and oxygen atoms in total. The van der Waals surface area contributed by atoms with Crippen LogP contribution in [-0.2, 0) is 0 Å². The van der Waals surface area contributed by atoms with Crippen LogP contribution in [0, 0.1) is 20.8 Å². The molecule has 3 heteroatoms. The molecule has 3 rings (SSSR count). The average Bonchev–Trinajstić information content (AvgIpc) is 2.37. The van der Waals surface area contributed by atoms with Crippen molar-refractivity contribution in [3.63, 3.8) is 0 Å². The summed E-state index contributed by atoms with van der Waals surface area (Å²) in [6, 6.07) is 12.3. The Hall–Kier alpha value is -1.93. The van der Waals surface area contributed by atoms with Crippen molar-refractivity contribution in [2.75, 3.05) is 0 Å². The van der Waals surface area contributed by atoms with Gasteiger partial charge < -0.3 is 0 Å². The highest BCUT2D eigenvalue weighted by Crippen LogP contribution is 2.32. The number of halogens is 1. The van der Waals surface area contributed by atoms with Crippen molar-refractivity contribution in [1.82, 2.24) is 9.97 Å². The molecule has 100 valence electrons. The van der Waals surface area contributed by atoms with Crippen molar-refractivity contribution >= 4 is 22.5 Å². The van der Waals surface area contributed by atoms with Gasteiger partial charge in [-0.05, 0) is 49.6 Å². The summed E-state index contributed by atoms with van der Waals surface area (Å²) in [5.41, 5.74) is 6.62. The third-order valence-electron chi connectivity index (χ3n) is 3.49. The lowest BCUT2D eigenvalue weighted by atomic mass is 9.95. The molecule has 1 heterocycles. The van der Waals surface area contributed by atoms with E-state index in [4.69, 9.17) is 11.6 Å². The molecule has 0 N–H and O–H groups in total. The Morgan fingerprint density at radius 3 is 2.25 bits per heavy atom. The Labute approximate surface area is 123 Å². The molecule has 0 spiro atoms. The van der Waals surface area contributed by atoms with Gasteiger partial charge in [0.05, 0.1) is 11.2 Å². The van der Waals surface area contributed by atoms with E-state index in [2.05, 4.69) is 42.9 Å². The molecule has 0 saturated carbocycles. The Morgan fingerprint density at radius 1 is 0.900 bits per heavy atom. The molecule has 0 radical (unpaired) electrons. The van der Waals surface area contributed by atoms with E-state index in [1.165, 1.54) is 16.7 Å². The highest BCUT2D eigenvalue weighted by atomic mass is 35.5. The van der Waals surface area contributed by atoms with Crippen molar-refractivity contribution in [1.29, 1.82) is 0 Å². The first-order valence-corrected chi connectivity index (χ1v) is 6.94. The minimum atomic E-state index is 0.290. The highest BCUT2D eigenvalue weighted by Gasteiger charge is 2.13. The third-order valence-corrected chi connectivity index (χ3v) is 3.66. The van der Waals surface area contributed by atoms with Crippen LogP contribution in [0.5, 0.6) is 0 Å². The molecule has 0 aliphatic rings. The number of rotatable bonds is 1. The molecule has 0 aliphatic heterocycles. The normalized spacial score (nSPS) is 11.0. The Morgan fingerprint density at radius 2 is 1.55 bits per heavy atom. The van der Waals surface area contributed by atoms with Gasteiger partial charge in [0, 0.05) is 10.9 Å². The highest BCUT2D eigenvalue weighted by molar-refractivity contribution is 6.28. The second-order valence-corrected chi connectivity index (χ2v) is 5.47. The van der Waals surface area contributed by atoms with E-state index in [-0.39, 0.29) is 5.28 Å². The van der Waals surface area contributed by atoms with Crippen molar-refractivity contribution in [3.8, 4) is 11.3 Å². The number of benzene rings is 2. The van der Waals surface area contributed by atoms with Crippen LogP contribution >= 0.6 is 11.6 Å². The smallest absolute Gasteiger partial charge is 0.218 e. The number of fused-ring (bicyclic) bond motifs is 1. The van der Waals surface area contributed by atoms with Crippen LogP contribution < -0.4 is 0 Å². The lowest BCUT2D eigenvalue weighted by Crippen LogP contribution is -1.96. The quantitative estimate of drug-likeness (QED) is 0.595. The van der Waals surface area contributed by atoms with Crippen LogP contribution in [0.3, 0.4) is 0 Å². The molecule has 1 aromatic heterocycles. The second-order valence-electron chi connectivity index (χ2n) is 5.13. The molecule has 0 aliphatic carbocycles. The number of aryl methyl sites for hydroxylation is 3. The number of hydrogen-bond acceptors (Lipinski definition) is 2. The third kappa shape index (κ3) is 2.16. The molecule has 3 aromatic rings. The fourth-order valence-electron chi connectivity index (χ4n) is 2.79. The van der Waals surface area contributed by atoms with Crippen LogP contribution in [-0.4, -0.2) is 9.97 Å². The van der Waals surface area contributed by atoms with Gasteiger partial charge in [0.25, 0.3) is 0 Å². The lowest BCUT2D eigenvalue weighted by Gasteiger charge is -2.13. The molecule has 0 amide bonds. The van der Waals surface area contributed by atoms with Crippen LogP contribution in [0.4, 0.5) is 0 Å². The van der Waals surface area contributed by atoms with Crippen molar-refractivity contribution in [2.24, 2.45) is 0 Å². The topological polar surface area (TPSA) is 25.8 Å². The SMILES string of the molecule is Cc1cc(C)c(-c2nc(Cl)nc3ccccc23)c(C)c1. The predicted octanol–water partition coefficient (Wildman–Crippen LogP) is 4.88. The second kappa shape index (κ2) is 4.88. The van der Waals surface area contributed by atoms with Gasteiger partial charge in [0.2, 0.25) is 5.28 Å². The summed E-state index contributed by atoms with van der Waals surface area (Å²) in [6.07, 6.45) is 0. The summed E-state index contributed by atoms with van der Waals surface area (Å²) in [5, 5.41) is 1.32. The zero-order valence-electron chi connectivity index (χ0n) is 11.7. The van der Waals surface area contributed by atoms with Crippen molar-refractivity contribution in [2.45, 2.75) is 20.8 Å². The molecule has 0 atom stereocenters. The van der Waals surface area contributed by atoms with E-state index in [9.17, 15) is 0 Å². The number of para-hydroxylation sites is 1. The largest absolute Gasteiger partial charge is 0.223 e. The maximum Gasteiger partial charge on any atom is 0.223 e. The minimum absolute atomic E-state index is 0.290. The molecule has 0 saturated heterocycles. The van der Waals surface area contributed by atoms with Gasteiger partial charge in [0.1, 0.15) is 0 Å². The summed E-state index contributed by atoms with van der Waals surface area (Å²) in [5.74, 6) is 0. The van der Waals surface area contributed by atoms with E-state index in [0.29, 0.717) is 0 Å². The predicted molar refractivity (Wildman–Crippen MR) is 84.2 cm³/mol. The summed E-state index contributed by atoms with van der Waals surface area (Å²) in [7, 11) is 0. The molecular weight excluding hydrogens is 268 g/mol. The summed E-state index contributed by atoms with van der Waals surface area (Å²) < 4.78 is 0. The van der Waals surface area contributed by atoms with Gasteiger partial charge in [-0.25, -0.2) is 9.97 Å². The van der Waals surface area contributed by atoms with Crippen molar-refractivity contribution in [3.05, 3.63) is 58.4 Å². The summed E-state index contributed by atoms with van der Waals surface area (Å²) in [4.78, 5) is 8.77. The monoisotopic (exact) mass is 282 g/mol. The molecule has 0 fully saturated rings. The van der Waals surface area contributed by atoms with Gasteiger partial charge in [-0.15, -0.1) is 0 Å². The van der Waals surface area contributed by atoms with Crippen LogP contribution in [0.2, 0.25) is 5.28 Å². The van der Waals surface area contributed by atoms with Crippen LogP contribution in [0.15, 0.2) is 36.4 Å². The average molecular weight is 283 g/mol. The number of nitrogens with zero attached hydrogens (tertiary/aromatic N) is 2. The maximum atomic E-state index is 6.09. The molecule has 2 aromatic carbocycles. The first-order chi connectivity index (χ1) is 9.56. The fourth-order valence-corrected chi connectivity index (χ4v) is 2.97. The first kappa shape index (κ1) is 13.1. The van der Waals surface area contributed by atoms with E-state index in [0.717, 1.165) is 22.2 Å². The number of hydrogen-bond donors (Lipinski definition) is 0. The van der Waals surface area contributed by atoms with Gasteiger partial charge in [-0.1, -0.05) is 35.9 Å². The Kier molecular flexibility index (Phi) is 3.19. The van der Waals surface area contributed by atoms with Gasteiger partial charge in [-0.3, -0.25) is 0 Å². The van der Waals surface area contributed by atoms with Crippen LogP contribution in [0.1, 0.15) is 16.7 Å². The zero-order valence-corrected chi connectivity index (χ0v) is 12.5. The molecular formula is C17H15ClN2. The summed E-state index contributed by atoms with van der Waals surface area (Å²) in [6.45, 7) is 6.33. The minimum Gasteiger partial charge on any atom is -0.218 e. The van der Waals surface area contributed by atoms with Gasteiger partial charge in [-0.2, -0.15) is 0 Å². The van der Waals surface area contributed by atoms with Gasteiger partial charge >= 0.3 is 0 Å². The number of aromatic nitrogens is 2. The molecule has 20 heavy (non-hydrogen) atoms. The standard InChI is InChI=1S/C17H15ClN2/c1-10-8-11(2)15(12(3)9-10)16-13-6-4-5-7-14(13)19-17(18)20-16/h4-9H,1-3H3. The van der Waals surface area contributed by atoms with E-state index < -0.39 is 0 Å². The fraction of sp³-hybridized carbons (Fsp3) is 0.176. The Bertz CT molecular complexity index is 786. The maximum absolute atomic E-state index is 6.09. The molecule has 0 bridgehead atoms. The molecule has 0 unspecified atom stereocenters. The zero-order chi connectivity index (χ0) is 14.3.